The van der Waals surface area contributed by atoms with Crippen LogP contribution in [-0.4, -0.2) is 114 Å². The van der Waals surface area contributed by atoms with Gasteiger partial charge in [-0.15, -0.1) is 0 Å². The Morgan fingerprint density at radius 1 is 0.474 bits per heavy atom. The number of nitrogens with two attached hydrogens (primary N) is 1. The van der Waals surface area contributed by atoms with Crippen LogP contribution in [0.4, 0.5) is 9.59 Å². The van der Waals surface area contributed by atoms with Gasteiger partial charge in [0.2, 0.25) is 0 Å². The molecule has 0 aliphatic carbocycles. The number of carboxylic acids is 1. The molecule has 0 bridgehead atoms. The number of unbranched alkanes of at least 4 members (excludes halogenated alkanes) is 1. The molecule has 0 fully saturated rings. The zero-order chi connectivity index (χ0) is 69.3. The predicted octanol–water partition coefficient (Wildman–Crippen LogP) is 14.9. The maximum Gasteiger partial charge on any atom is 0.408 e. The predicted molar refractivity (Wildman–Crippen MR) is 374 cm³/mol. The van der Waals surface area contributed by atoms with Gasteiger partial charge in [0.1, 0.15) is 29.4 Å². The van der Waals surface area contributed by atoms with Crippen LogP contribution in [0.25, 0.3) is 22.5 Å². The van der Waals surface area contributed by atoms with Crippen molar-refractivity contribution in [1.82, 2.24) is 39.5 Å². The van der Waals surface area contributed by atoms with E-state index in [1.165, 1.54) is 5.56 Å². The number of carbonyl (C=O) groups excluding carboxylic acids is 5. The minimum atomic E-state index is -1.10. The molecule has 2 atom stereocenters. The van der Waals surface area contributed by atoms with Crippen molar-refractivity contribution in [3.8, 4) is 22.5 Å². The van der Waals surface area contributed by atoms with E-state index in [-0.39, 0.29) is 53.5 Å². The summed E-state index contributed by atoms with van der Waals surface area (Å²) < 4.78 is 14.4. The van der Waals surface area contributed by atoms with E-state index < -0.39 is 35.9 Å². The van der Waals surface area contributed by atoms with E-state index in [0.29, 0.717) is 56.7 Å². The Morgan fingerprint density at radius 2 is 0.811 bits per heavy atom. The monoisotopic (exact) mass is 1290 g/mol. The molecule has 0 aliphatic heterocycles. The summed E-state index contributed by atoms with van der Waals surface area (Å²) in [6.45, 7) is 25.6. The molecule has 5 N–H and O–H groups in total. The van der Waals surface area contributed by atoms with Crippen LogP contribution in [0.2, 0.25) is 0 Å². The van der Waals surface area contributed by atoms with Crippen LogP contribution in [0.3, 0.4) is 0 Å². The van der Waals surface area contributed by atoms with Gasteiger partial charge in [-0.05, 0) is 114 Å². The van der Waals surface area contributed by atoms with Crippen molar-refractivity contribution in [3.05, 3.63) is 228 Å². The van der Waals surface area contributed by atoms with Crippen molar-refractivity contribution in [1.29, 1.82) is 0 Å². The third-order valence-corrected chi connectivity index (χ3v) is 14.8. The van der Waals surface area contributed by atoms with Gasteiger partial charge in [-0.1, -0.05) is 199 Å². The van der Waals surface area contributed by atoms with E-state index in [4.69, 9.17) is 30.3 Å². The molecule has 0 unspecified atom stereocenters. The second-order valence-corrected chi connectivity index (χ2v) is 27.4. The van der Waals surface area contributed by atoms with Gasteiger partial charge in [-0.25, -0.2) is 19.6 Å². The molecule has 0 spiro atoms. The summed E-state index contributed by atoms with van der Waals surface area (Å²) >= 11 is 0. The number of alkyl carbamates (subject to hydrolysis) is 2. The van der Waals surface area contributed by atoms with Crippen LogP contribution in [0, 0.1) is 10.8 Å². The maximum atomic E-state index is 14.3. The topological polar surface area (TPSA) is 233 Å². The normalized spacial score (nSPS) is 12.1. The Hall–Kier alpha value is -9.68. The number of rotatable bonds is 24. The fourth-order valence-corrected chi connectivity index (χ4v) is 10.7. The molecule has 0 radical (unpaired) electrons. The Balaban J connectivity index is 0.000000262. The molecule has 8 rings (SSSR count). The number of benzene rings is 6. The van der Waals surface area contributed by atoms with Crippen LogP contribution in [-0.2, 0) is 32.2 Å². The van der Waals surface area contributed by atoms with E-state index in [0.717, 1.165) is 46.1 Å². The Morgan fingerprint density at radius 3 is 1.15 bits per heavy atom. The highest BCUT2D eigenvalue weighted by Crippen LogP contribution is 2.42. The molecule has 504 valence electrons. The highest BCUT2D eigenvalue weighted by atomic mass is 16.6. The van der Waals surface area contributed by atoms with Gasteiger partial charge in [0, 0.05) is 67.2 Å². The highest BCUT2D eigenvalue weighted by Gasteiger charge is 2.40. The van der Waals surface area contributed by atoms with Crippen LogP contribution in [0.1, 0.15) is 164 Å². The Kier molecular flexibility index (Phi) is 27.4. The minimum absolute atomic E-state index is 0.000466. The molecular formula is C77H97N9O9. The molecule has 2 aromatic heterocycles. The lowest BCUT2D eigenvalue weighted by Crippen LogP contribution is -2.43. The number of hydrogen-bond acceptors (Lipinski definition) is 11. The molecule has 8 aromatic rings. The van der Waals surface area contributed by atoms with Crippen molar-refractivity contribution in [3.63, 3.8) is 0 Å². The number of Topliss-reactive ketones (excluding diaryl/α,β-unsaturated/α-hetero) is 1. The van der Waals surface area contributed by atoms with E-state index >= 15 is 0 Å². The molecule has 95 heavy (non-hydrogen) atoms. The van der Waals surface area contributed by atoms with Crippen LogP contribution in [0.15, 0.2) is 194 Å². The summed E-state index contributed by atoms with van der Waals surface area (Å²) in [4.78, 5) is 87.9. The number of nitrogens with zero attached hydrogens (tertiary/aromatic N) is 6. The number of imidazole rings is 2. The molecule has 0 saturated heterocycles. The lowest BCUT2D eigenvalue weighted by molar-refractivity contribution is -0.136. The molecule has 6 aromatic carbocycles. The fraction of sp³-hybridized carbons (Fsp3) is 0.377. The second kappa shape index (κ2) is 35.0. The summed E-state index contributed by atoms with van der Waals surface area (Å²) in [5.41, 5.74) is 11.4. The van der Waals surface area contributed by atoms with Crippen molar-refractivity contribution < 1.29 is 43.3 Å². The first-order valence-corrected chi connectivity index (χ1v) is 32.4. The number of aromatic nitrogens is 4. The molecule has 18 heteroatoms. The first-order valence-electron chi connectivity index (χ1n) is 32.4. The van der Waals surface area contributed by atoms with Gasteiger partial charge in [0.05, 0.1) is 30.0 Å². The second-order valence-electron chi connectivity index (χ2n) is 27.4. The number of carboxylic acid groups (broad SMARTS) is 1. The first kappa shape index (κ1) is 74.4. The first-order chi connectivity index (χ1) is 45.0. The summed E-state index contributed by atoms with van der Waals surface area (Å²) in [5.74, 6) is 0.419. The maximum absolute atomic E-state index is 14.3. The van der Waals surface area contributed by atoms with E-state index in [9.17, 15) is 28.8 Å². The number of hydrogen-bond donors (Lipinski definition) is 4. The third kappa shape index (κ3) is 24.3. The van der Waals surface area contributed by atoms with Gasteiger partial charge in [0.25, 0.3) is 11.8 Å². The minimum Gasteiger partial charge on any atom is -0.480 e. The average molecular weight is 1290 g/mol. The third-order valence-electron chi connectivity index (χ3n) is 14.8. The van der Waals surface area contributed by atoms with Crippen LogP contribution < -0.4 is 16.4 Å². The van der Waals surface area contributed by atoms with E-state index in [1.807, 2.05) is 143 Å². The molecule has 18 nitrogen and oxygen atoms in total. The molecular weight excluding hydrogens is 1190 g/mol. The summed E-state index contributed by atoms with van der Waals surface area (Å²) in [6.07, 6.45) is 5.04. The molecule has 4 amide bonds. The van der Waals surface area contributed by atoms with E-state index in [2.05, 4.69) is 122 Å². The summed E-state index contributed by atoms with van der Waals surface area (Å²) in [7, 11) is 0. The van der Waals surface area contributed by atoms with Gasteiger partial charge in [-0.2, -0.15) is 0 Å². The van der Waals surface area contributed by atoms with Crippen LogP contribution >= 0.6 is 0 Å². The molecule has 0 aliphatic rings. The number of carbonyl (C=O) groups is 6. The number of nitrogens with one attached hydrogen (secondary N) is 2. The van der Waals surface area contributed by atoms with Crippen molar-refractivity contribution >= 4 is 35.8 Å². The van der Waals surface area contributed by atoms with Crippen molar-refractivity contribution in [2.45, 2.75) is 145 Å². The lowest BCUT2D eigenvalue weighted by atomic mass is 9.84. The molecule has 2 heterocycles. The molecule has 0 saturated carbocycles. The number of ketones is 1. The zero-order valence-corrected chi connectivity index (χ0v) is 57.4. The van der Waals surface area contributed by atoms with E-state index in [1.54, 1.807) is 41.5 Å². The number of amides is 4. The largest absolute Gasteiger partial charge is 0.480 e. The van der Waals surface area contributed by atoms with Crippen molar-refractivity contribution in [2.24, 2.45) is 16.6 Å². The van der Waals surface area contributed by atoms with Crippen molar-refractivity contribution in [2.75, 3.05) is 32.7 Å². The Bertz CT molecular complexity index is 3680. The SMILES string of the molecule is CC(C)(C)OC(=O)NCC(=O)CCCCN(C(=O)c1ccccc1)[C@@H](c1nc(-c2ccccc2)cn1Cc1ccccc1)C(C)(C)C.CC(C)(C)OC(=O)NCC(=O)O.CC(C)(C)[C@H](c1nc(-c2ccccc2)cn1Cc1ccccc1)N(CCCN)C(=O)c1ccccc1. The highest BCUT2D eigenvalue weighted by molar-refractivity contribution is 5.95. The van der Waals surface area contributed by atoms with Crippen LogP contribution in [0.5, 0.6) is 0 Å². The fourth-order valence-electron chi connectivity index (χ4n) is 10.7. The standard InChI is InChI=1S/C39H48N4O4.C31H36N4O.C7H13NO4/c1-38(2,3)34(35-41-33(30-20-12-8-13-21-30)28-42(35)27-29-18-10-7-11-19-29)43(36(45)31-22-14-9-15-23-31)25-17-16-24-32(44)26-40-37(46)47-39(4,5)6;1-31(2,3)28(35(21-13-20-32)30(36)26-18-11-6-12-19-26)29-33-27(25-16-9-5-10-17-25)23-34(29)22-24-14-7-4-8-15-24;1-7(2,3)12-6(11)8-4-5(9)10/h7-15,18-23,28,34H,16-17,24-27H2,1-6H3,(H,40,46);4-12,14-19,23,28H,13,20-22,32H2,1-3H3;4H2,1-3H3,(H,8,11)(H,9,10)/t34-;28-;/m00./s1. The quantitative estimate of drug-likeness (QED) is 0.0414. The van der Waals surface area contributed by atoms with Gasteiger partial charge < -0.3 is 49.9 Å². The number of ether oxygens (including phenoxy) is 2. The average Bonchev–Trinajstić information content (AvgIpc) is 1.71. The van der Waals surface area contributed by atoms with Gasteiger partial charge >= 0.3 is 18.2 Å². The van der Waals surface area contributed by atoms with Gasteiger partial charge in [0.15, 0.2) is 5.78 Å². The zero-order valence-electron chi connectivity index (χ0n) is 57.4. The number of aliphatic carboxylic acids is 1. The van der Waals surface area contributed by atoms with Gasteiger partial charge in [-0.3, -0.25) is 19.2 Å². The smallest absolute Gasteiger partial charge is 0.408 e. The summed E-state index contributed by atoms with van der Waals surface area (Å²) in [6, 6.07) is 59.1. The summed E-state index contributed by atoms with van der Waals surface area (Å²) in [5, 5.41) is 12.8. The lowest BCUT2D eigenvalue weighted by Gasteiger charge is -2.40. The Labute approximate surface area is 561 Å².